The fourth-order valence-electron chi connectivity index (χ4n) is 5.81. The minimum Gasteiger partial charge on any atom is -0.379 e. The van der Waals surface area contributed by atoms with Crippen molar-refractivity contribution >= 4 is 11.9 Å². The summed E-state index contributed by atoms with van der Waals surface area (Å²) in [5, 5.41) is 6.20. The number of amides is 3. The van der Waals surface area contributed by atoms with E-state index in [4.69, 9.17) is 4.74 Å². The van der Waals surface area contributed by atoms with Gasteiger partial charge in [0.2, 0.25) is 5.91 Å². The fourth-order valence-corrected chi connectivity index (χ4v) is 5.81. The van der Waals surface area contributed by atoms with Gasteiger partial charge >= 0.3 is 6.03 Å². The van der Waals surface area contributed by atoms with Crippen LogP contribution in [-0.4, -0.2) is 105 Å². The number of hydrogen-bond acceptors (Lipinski definition) is 5. The molecule has 3 aliphatic rings. The van der Waals surface area contributed by atoms with E-state index in [9.17, 15) is 14.0 Å². The number of carbonyl (C=O) groups is 2. The van der Waals surface area contributed by atoms with Crippen molar-refractivity contribution in [2.45, 2.75) is 38.6 Å². The van der Waals surface area contributed by atoms with Gasteiger partial charge in [0.25, 0.3) is 0 Å². The monoisotopic (exact) mass is 503 g/mol. The summed E-state index contributed by atoms with van der Waals surface area (Å²) >= 11 is 0. The molecule has 2 N–H and O–H groups in total. The van der Waals surface area contributed by atoms with Gasteiger partial charge in [0, 0.05) is 59.3 Å². The van der Waals surface area contributed by atoms with Gasteiger partial charge in [-0.1, -0.05) is 12.1 Å². The number of rotatable bonds is 8. The minimum atomic E-state index is -0.190. The van der Waals surface area contributed by atoms with Gasteiger partial charge in [0.15, 0.2) is 0 Å². The Kier molecular flexibility index (Phi) is 9.95. The van der Waals surface area contributed by atoms with Crippen molar-refractivity contribution in [3.63, 3.8) is 0 Å². The summed E-state index contributed by atoms with van der Waals surface area (Å²) < 4.78 is 18.7. The Morgan fingerprint density at radius 1 is 1.03 bits per heavy atom. The number of piperidine rings is 2. The second kappa shape index (κ2) is 13.4. The maximum absolute atomic E-state index is 13.3. The third-order valence-corrected chi connectivity index (χ3v) is 7.87. The number of likely N-dealkylation sites (tertiary alicyclic amines) is 2. The average Bonchev–Trinajstić information content (AvgIpc) is 2.87. The molecule has 1 unspecified atom stereocenters. The van der Waals surface area contributed by atoms with Gasteiger partial charge in [-0.15, -0.1) is 0 Å². The number of benzene rings is 1. The molecule has 1 aromatic rings. The van der Waals surface area contributed by atoms with E-state index in [0.29, 0.717) is 24.9 Å². The van der Waals surface area contributed by atoms with Gasteiger partial charge in [-0.2, -0.15) is 0 Å². The zero-order chi connectivity index (χ0) is 25.3. The number of urea groups is 1. The van der Waals surface area contributed by atoms with Crippen LogP contribution in [0.2, 0.25) is 0 Å². The molecule has 0 aromatic heterocycles. The second-order valence-corrected chi connectivity index (χ2v) is 10.6. The van der Waals surface area contributed by atoms with Gasteiger partial charge < -0.3 is 25.2 Å². The molecule has 0 saturated carbocycles. The number of nitrogens with one attached hydrogen (secondary N) is 2. The summed E-state index contributed by atoms with van der Waals surface area (Å²) in [6, 6.07) is 6.65. The summed E-state index contributed by atoms with van der Waals surface area (Å²) in [6.07, 6.45) is 4.19. The topological polar surface area (TPSA) is 77.2 Å². The third kappa shape index (κ3) is 8.15. The molecule has 3 amide bonds. The molecule has 200 valence electrons. The zero-order valence-corrected chi connectivity index (χ0v) is 21.6. The first-order valence-electron chi connectivity index (χ1n) is 13.5. The van der Waals surface area contributed by atoms with E-state index in [1.165, 1.54) is 12.0 Å². The van der Waals surface area contributed by atoms with Crippen LogP contribution >= 0.6 is 0 Å². The van der Waals surface area contributed by atoms with E-state index in [2.05, 4.69) is 20.4 Å². The Morgan fingerprint density at radius 2 is 1.81 bits per heavy atom. The molecule has 0 aliphatic carbocycles. The molecule has 3 saturated heterocycles. The van der Waals surface area contributed by atoms with Crippen LogP contribution in [0.25, 0.3) is 0 Å². The first-order valence-corrected chi connectivity index (χ1v) is 13.5. The number of ether oxygens (including phenoxy) is 1. The average molecular weight is 504 g/mol. The van der Waals surface area contributed by atoms with E-state index in [1.54, 1.807) is 19.1 Å². The van der Waals surface area contributed by atoms with E-state index >= 15 is 0 Å². The Balaban J connectivity index is 1.28. The first-order chi connectivity index (χ1) is 17.5. The summed E-state index contributed by atoms with van der Waals surface area (Å²) in [5.41, 5.74) is 1.19. The van der Waals surface area contributed by atoms with Crippen LogP contribution in [0.3, 0.4) is 0 Å². The van der Waals surface area contributed by atoms with Gasteiger partial charge in [-0.25, -0.2) is 9.18 Å². The molecule has 0 spiro atoms. The van der Waals surface area contributed by atoms with Gasteiger partial charge in [0.05, 0.1) is 19.3 Å². The van der Waals surface area contributed by atoms with Gasteiger partial charge in [-0.05, 0) is 61.8 Å². The quantitative estimate of drug-likeness (QED) is 0.567. The van der Waals surface area contributed by atoms with Crippen molar-refractivity contribution in [3.8, 4) is 0 Å². The SMILES string of the molecule is CC(=O)N1CC[C@@H](CN2CCCC(Cc3ccc(F)cc3)C2)[C@@H](NC(=O)NCCN2CCOCC2)C1. The van der Waals surface area contributed by atoms with Crippen LogP contribution in [0.15, 0.2) is 24.3 Å². The molecular formula is C27H42FN5O3. The molecule has 0 radical (unpaired) electrons. The Labute approximate surface area is 214 Å². The van der Waals surface area contributed by atoms with Crippen LogP contribution in [-0.2, 0) is 16.0 Å². The van der Waals surface area contributed by atoms with E-state index in [1.807, 2.05) is 17.0 Å². The molecular weight excluding hydrogens is 461 g/mol. The largest absolute Gasteiger partial charge is 0.379 e. The van der Waals surface area contributed by atoms with Crippen LogP contribution in [0.4, 0.5) is 9.18 Å². The van der Waals surface area contributed by atoms with Crippen molar-refractivity contribution in [2.24, 2.45) is 11.8 Å². The van der Waals surface area contributed by atoms with Crippen molar-refractivity contribution in [1.29, 1.82) is 0 Å². The van der Waals surface area contributed by atoms with Crippen molar-refractivity contribution in [1.82, 2.24) is 25.3 Å². The summed E-state index contributed by atoms with van der Waals surface area (Å²) in [6.45, 7) is 10.6. The lowest BCUT2D eigenvalue weighted by molar-refractivity contribution is -0.130. The molecule has 8 nitrogen and oxygen atoms in total. The highest BCUT2D eigenvalue weighted by atomic mass is 19.1. The molecule has 1 aromatic carbocycles. The molecule has 4 rings (SSSR count). The third-order valence-electron chi connectivity index (χ3n) is 7.87. The second-order valence-electron chi connectivity index (χ2n) is 10.6. The minimum absolute atomic E-state index is 0.0605. The Hall–Kier alpha value is -2.23. The molecule has 3 aliphatic heterocycles. The van der Waals surface area contributed by atoms with Crippen molar-refractivity contribution in [3.05, 3.63) is 35.6 Å². The van der Waals surface area contributed by atoms with Crippen LogP contribution in [0, 0.1) is 17.7 Å². The lowest BCUT2D eigenvalue weighted by Gasteiger charge is -2.42. The molecule has 36 heavy (non-hydrogen) atoms. The van der Waals surface area contributed by atoms with Crippen LogP contribution in [0.1, 0.15) is 31.7 Å². The normalized spacial score (nSPS) is 25.9. The standard InChI is InChI=1S/C27H42FN5O3/c1-21(34)33-11-8-24(26(20-33)30-27(35)29-9-12-31-13-15-36-16-14-31)19-32-10-2-3-23(18-32)17-22-4-6-25(28)7-5-22/h4-7,23-24,26H,2-3,8-20H2,1H3,(H2,29,30,35)/t23?,24-,26-/m0/s1. The number of halogens is 1. The predicted octanol–water partition coefficient (Wildman–Crippen LogP) is 1.95. The summed E-state index contributed by atoms with van der Waals surface area (Å²) in [5.74, 6) is 0.724. The highest BCUT2D eigenvalue weighted by Gasteiger charge is 2.33. The van der Waals surface area contributed by atoms with Gasteiger partial charge in [0.1, 0.15) is 5.82 Å². The lowest BCUT2D eigenvalue weighted by atomic mass is 9.87. The predicted molar refractivity (Wildman–Crippen MR) is 137 cm³/mol. The van der Waals surface area contributed by atoms with Crippen molar-refractivity contribution < 1.29 is 18.7 Å². The summed E-state index contributed by atoms with van der Waals surface area (Å²) in [4.78, 5) is 31.5. The fraction of sp³-hybridized carbons (Fsp3) is 0.704. The molecule has 3 atom stereocenters. The number of hydrogen-bond donors (Lipinski definition) is 2. The Bertz CT molecular complexity index is 848. The molecule has 3 heterocycles. The highest BCUT2D eigenvalue weighted by molar-refractivity contribution is 5.75. The van der Waals surface area contributed by atoms with E-state index in [0.717, 1.165) is 78.3 Å². The van der Waals surface area contributed by atoms with E-state index < -0.39 is 0 Å². The van der Waals surface area contributed by atoms with E-state index in [-0.39, 0.29) is 23.8 Å². The Morgan fingerprint density at radius 3 is 2.56 bits per heavy atom. The molecule has 9 heteroatoms. The molecule has 0 bridgehead atoms. The molecule has 3 fully saturated rings. The number of morpholine rings is 1. The smallest absolute Gasteiger partial charge is 0.315 e. The maximum Gasteiger partial charge on any atom is 0.315 e. The van der Waals surface area contributed by atoms with Crippen molar-refractivity contribution in [2.75, 3.05) is 72.1 Å². The number of nitrogens with zero attached hydrogens (tertiary/aromatic N) is 3. The van der Waals surface area contributed by atoms with Crippen LogP contribution in [0.5, 0.6) is 0 Å². The highest BCUT2D eigenvalue weighted by Crippen LogP contribution is 2.25. The first kappa shape index (κ1) is 26.8. The van der Waals surface area contributed by atoms with Crippen LogP contribution < -0.4 is 10.6 Å². The van der Waals surface area contributed by atoms with Gasteiger partial charge in [-0.3, -0.25) is 9.69 Å². The lowest BCUT2D eigenvalue weighted by Crippen LogP contribution is -2.58. The summed E-state index contributed by atoms with van der Waals surface area (Å²) in [7, 11) is 0. The maximum atomic E-state index is 13.3. The number of carbonyl (C=O) groups excluding carboxylic acids is 2. The zero-order valence-electron chi connectivity index (χ0n) is 21.6.